The Morgan fingerprint density at radius 3 is 1.12 bits per heavy atom. The van der Waals surface area contributed by atoms with Gasteiger partial charge in [0.1, 0.15) is 5.78 Å². The summed E-state index contributed by atoms with van der Waals surface area (Å²) in [6.07, 6.45) is 0. The molecule has 0 aromatic heterocycles. The number of rotatable bonds is 0. The lowest BCUT2D eigenvalue weighted by atomic mass is 10.6. The highest BCUT2D eigenvalue weighted by Crippen LogP contribution is 1.74. The summed E-state index contributed by atoms with van der Waals surface area (Å²) in [6, 6.07) is 0. The Balaban J connectivity index is 0. The van der Waals surface area contributed by atoms with Gasteiger partial charge in [-0.15, -0.1) is 0 Å². The van der Waals surface area contributed by atoms with Crippen molar-refractivity contribution < 1.29 is 9.59 Å². The smallest absolute Gasteiger partial charge is 0.194 e. The first-order valence-corrected chi connectivity index (χ1v) is 2.89. The summed E-state index contributed by atoms with van der Waals surface area (Å²) in [5, 5.41) is 0. The second kappa shape index (κ2) is 6.82. The highest BCUT2D eigenvalue weighted by atomic mass is 79.9. The monoisotopic (exact) mass is 180 g/mol. The maximum atomic E-state index is 9.44. The van der Waals surface area contributed by atoms with Crippen LogP contribution in [0.1, 0.15) is 20.8 Å². The number of halogens is 1. The molecule has 0 saturated heterocycles. The van der Waals surface area contributed by atoms with E-state index in [1.807, 2.05) is 0 Å². The number of hydrogen-bond acceptors (Lipinski definition) is 2. The fraction of sp³-hybridized carbons (Fsp3) is 0.600. The van der Waals surface area contributed by atoms with Crippen molar-refractivity contribution in [2.24, 2.45) is 0 Å². The molecule has 0 spiro atoms. The maximum absolute atomic E-state index is 9.44. The van der Waals surface area contributed by atoms with Crippen LogP contribution in [0.15, 0.2) is 0 Å². The molecule has 0 bridgehead atoms. The molecule has 0 atom stereocenters. The normalized spacial score (nSPS) is 6.50. The number of hydrogen-bond donors (Lipinski definition) is 0. The van der Waals surface area contributed by atoms with E-state index in [-0.39, 0.29) is 10.5 Å². The van der Waals surface area contributed by atoms with Crippen molar-refractivity contribution in [3.8, 4) is 0 Å². The van der Waals surface area contributed by atoms with Crippen LogP contribution in [-0.4, -0.2) is 10.5 Å². The maximum Gasteiger partial charge on any atom is 0.194 e. The molecule has 0 unspecified atom stereocenters. The second-order valence-electron chi connectivity index (χ2n) is 1.38. The average Bonchev–Trinajstić information content (AvgIpc) is 1.25. The van der Waals surface area contributed by atoms with Crippen LogP contribution in [0.25, 0.3) is 0 Å². The van der Waals surface area contributed by atoms with Gasteiger partial charge in [0, 0.05) is 6.92 Å². The Bertz CT molecular complexity index is 68.4. The molecule has 0 aromatic rings. The number of Topliss-reactive ketones (excluding diaryl/α,β-unsaturated/α-hetero) is 1. The van der Waals surface area contributed by atoms with Gasteiger partial charge in [0.25, 0.3) is 0 Å². The predicted molar refractivity (Wildman–Crippen MR) is 36.0 cm³/mol. The molecule has 2 nitrogen and oxygen atoms in total. The molecule has 0 saturated carbocycles. The van der Waals surface area contributed by atoms with E-state index in [4.69, 9.17) is 0 Å². The zero-order valence-corrected chi connectivity index (χ0v) is 6.78. The van der Waals surface area contributed by atoms with Crippen LogP contribution in [-0.2, 0) is 9.59 Å². The molecular formula is C5H9BrO2. The molecular weight excluding hydrogens is 172 g/mol. The van der Waals surface area contributed by atoms with Crippen LogP contribution in [0.5, 0.6) is 0 Å². The quantitative estimate of drug-likeness (QED) is 0.531. The van der Waals surface area contributed by atoms with Crippen LogP contribution >= 0.6 is 15.9 Å². The third kappa shape index (κ3) is 4170. The highest BCUT2D eigenvalue weighted by molar-refractivity contribution is 9.18. The molecule has 0 fully saturated rings. The van der Waals surface area contributed by atoms with Crippen LogP contribution in [0.3, 0.4) is 0 Å². The molecule has 0 rings (SSSR count). The largest absolute Gasteiger partial charge is 0.300 e. The van der Waals surface area contributed by atoms with Gasteiger partial charge in [0.15, 0.2) is 4.69 Å². The fourth-order valence-electron chi connectivity index (χ4n) is 0. The molecule has 0 aliphatic heterocycles. The third-order valence-electron chi connectivity index (χ3n) is 0. The topological polar surface area (TPSA) is 34.1 Å². The van der Waals surface area contributed by atoms with Crippen LogP contribution in [0.2, 0.25) is 0 Å². The average molecular weight is 181 g/mol. The Kier molecular flexibility index (Phi) is 9.15. The lowest BCUT2D eigenvalue weighted by Gasteiger charge is -1.56. The van der Waals surface area contributed by atoms with Crippen molar-refractivity contribution in [3.63, 3.8) is 0 Å². The fourth-order valence-corrected chi connectivity index (χ4v) is 0. The molecule has 0 radical (unpaired) electrons. The summed E-state index contributed by atoms with van der Waals surface area (Å²) < 4.78 is -0.0208. The van der Waals surface area contributed by atoms with E-state index in [0.29, 0.717) is 0 Å². The van der Waals surface area contributed by atoms with Crippen molar-refractivity contribution in [2.75, 3.05) is 0 Å². The first-order chi connectivity index (χ1) is 3.46. The minimum atomic E-state index is -0.0208. The molecule has 0 amide bonds. The van der Waals surface area contributed by atoms with E-state index in [9.17, 15) is 9.59 Å². The lowest BCUT2D eigenvalue weighted by Crippen LogP contribution is -1.69. The van der Waals surface area contributed by atoms with E-state index < -0.39 is 0 Å². The van der Waals surface area contributed by atoms with E-state index >= 15 is 0 Å². The molecule has 8 heavy (non-hydrogen) atoms. The van der Waals surface area contributed by atoms with Crippen molar-refractivity contribution >= 4 is 26.4 Å². The van der Waals surface area contributed by atoms with Crippen LogP contribution in [0.4, 0.5) is 0 Å². The van der Waals surface area contributed by atoms with Gasteiger partial charge in [-0.05, 0) is 29.8 Å². The first kappa shape index (κ1) is 10.7. The summed E-state index contributed by atoms with van der Waals surface area (Å²) in [7, 11) is 0. The first-order valence-electron chi connectivity index (χ1n) is 2.10. The number of carbonyl (C=O) groups is 2. The minimum Gasteiger partial charge on any atom is -0.300 e. The Morgan fingerprint density at radius 1 is 1.12 bits per heavy atom. The molecule has 0 aromatic carbocycles. The zero-order chi connectivity index (χ0) is 7.15. The molecule has 0 heterocycles. The summed E-state index contributed by atoms with van der Waals surface area (Å²) in [5.41, 5.74) is 0. The van der Waals surface area contributed by atoms with Gasteiger partial charge in [-0.3, -0.25) is 4.79 Å². The standard InChI is InChI=1S/C3H6O.C2H3BrO/c1-3(2)4;1-2(3)4/h1-2H3;1H3. The predicted octanol–water partition coefficient (Wildman–Crippen LogP) is 1.52. The summed E-state index contributed by atoms with van der Waals surface area (Å²) in [5.74, 6) is 0.167. The van der Waals surface area contributed by atoms with Gasteiger partial charge in [-0.25, -0.2) is 0 Å². The summed E-state index contributed by atoms with van der Waals surface area (Å²) >= 11 is 2.63. The molecule has 0 aliphatic carbocycles. The van der Waals surface area contributed by atoms with Gasteiger partial charge < -0.3 is 4.79 Å². The summed E-state index contributed by atoms with van der Waals surface area (Å²) in [4.78, 5) is 18.8. The zero-order valence-electron chi connectivity index (χ0n) is 5.19. The van der Waals surface area contributed by atoms with Gasteiger partial charge in [0.05, 0.1) is 0 Å². The van der Waals surface area contributed by atoms with E-state index in [1.165, 1.54) is 20.8 Å². The van der Waals surface area contributed by atoms with E-state index in [2.05, 4.69) is 15.9 Å². The second-order valence-corrected chi connectivity index (χ2v) is 2.50. The minimum absolute atomic E-state index is 0.0208. The molecule has 0 N–H and O–H groups in total. The summed E-state index contributed by atoms with van der Waals surface area (Å²) in [6.45, 7) is 4.50. The van der Waals surface area contributed by atoms with Gasteiger partial charge in [0.2, 0.25) is 0 Å². The molecule has 0 aliphatic rings. The Hall–Kier alpha value is -0.180. The van der Waals surface area contributed by atoms with Crippen LogP contribution < -0.4 is 0 Å². The van der Waals surface area contributed by atoms with Gasteiger partial charge in [-0.1, -0.05) is 0 Å². The van der Waals surface area contributed by atoms with E-state index in [1.54, 1.807) is 0 Å². The SMILES string of the molecule is CC(=O)Br.CC(C)=O. The van der Waals surface area contributed by atoms with Crippen molar-refractivity contribution in [2.45, 2.75) is 20.8 Å². The van der Waals surface area contributed by atoms with Crippen LogP contribution in [0, 0.1) is 0 Å². The Labute approximate surface area is 57.4 Å². The van der Waals surface area contributed by atoms with Crippen molar-refractivity contribution in [1.82, 2.24) is 0 Å². The number of ketones is 1. The number of carbonyl (C=O) groups excluding carboxylic acids is 2. The lowest BCUT2D eigenvalue weighted by molar-refractivity contribution is -0.115. The Morgan fingerprint density at radius 2 is 1.12 bits per heavy atom. The van der Waals surface area contributed by atoms with Crippen molar-refractivity contribution in [3.05, 3.63) is 0 Å². The highest BCUT2D eigenvalue weighted by Gasteiger charge is 1.66. The van der Waals surface area contributed by atoms with Gasteiger partial charge >= 0.3 is 0 Å². The molecule has 3 heteroatoms. The van der Waals surface area contributed by atoms with E-state index in [0.717, 1.165) is 0 Å². The molecule has 48 valence electrons. The van der Waals surface area contributed by atoms with Gasteiger partial charge in [-0.2, -0.15) is 0 Å². The van der Waals surface area contributed by atoms with Crippen molar-refractivity contribution in [1.29, 1.82) is 0 Å². The third-order valence-corrected chi connectivity index (χ3v) is 0.